The minimum atomic E-state index is -2.81. The maximum atomic E-state index is 14.1. The van der Waals surface area contributed by atoms with Crippen molar-refractivity contribution in [1.82, 2.24) is 39.6 Å². The Morgan fingerprint density at radius 2 is 1.66 bits per heavy atom. The van der Waals surface area contributed by atoms with Crippen LogP contribution in [-0.2, 0) is 4.74 Å². The van der Waals surface area contributed by atoms with Crippen LogP contribution in [0.15, 0.2) is 24.3 Å². The number of anilines is 2. The number of alkyl halides is 2. The van der Waals surface area contributed by atoms with Crippen molar-refractivity contribution in [3.05, 3.63) is 30.1 Å². The van der Waals surface area contributed by atoms with E-state index in [1.165, 1.54) is 4.57 Å². The summed E-state index contributed by atoms with van der Waals surface area (Å²) in [7, 11) is 5.77. The number of nitrogens with zero attached hydrogens (tertiary/aromatic N) is 8. The predicted molar refractivity (Wildman–Crippen MR) is 152 cm³/mol. The van der Waals surface area contributed by atoms with Gasteiger partial charge < -0.3 is 30.1 Å². The van der Waals surface area contributed by atoms with Crippen molar-refractivity contribution >= 4 is 29.0 Å². The van der Waals surface area contributed by atoms with Gasteiger partial charge >= 0.3 is 6.03 Å². The largest absolute Gasteiger partial charge is 0.378 e. The highest BCUT2D eigenvalue weighted by molar-refractivity contribution is 5.77. The molecule has 2 fully saturated rings. The average Bonchev–Trinajstić information content (AvgIpc) is 3.37. The molecule has 12 nitrogen and oxygen atoms in total. The lowest BCUT2D eigenvalue weighted by atomic mass is 9.91. The number of fused-ring (bicyclic) bond motifs is 1. The number of carbonyl (C=O) groups excluding carboxylic acids is 1. The van der Waals surface area contributed by atoms with Crippen LogP contribution in [0.2, 0.25) is 0 Å². The van der Waals surface area contributed by atoms with Crippen LogP contribution < -0.4 is 15.5 Å². The van der Waals surface area contributed by atoms with Gasteiger partial charge in [-0.2, -0.15) is 15.0 Å². The topological polar surface area (TPSA) is 117 Å². The van der Waals surface area contributed by atoms with Gasteiger partial charge in [-0.3, -0.25) is 4.57 Å². The van der Waals surface area contributed by atoms with Crippen LogP contribution in [0, 0.1) is 0 Å². The number of benzene rings is 1. The summed E-state index contributed by atoms with van der Waals surface area (Å²) in [4.78, 5) is 36.4. The van der Waals surface area contributed by atoms with Crippen molar-refractivity contribution in [1.29, 1.82) is 0 Å². The number of rotatable bonds is 9. The number of ether oxygens (including phenoxy) is 1. The molecule has 14 heteroatoms. The highest BCUT2D eigenvalue weighted by Crippen LogP contribution is 2.28. The second-order valence-electron chi connectivity index (χ2n) is 10.8. The third kappa shape index (κ3) is 6.99. The van der Waals surface area contributed by atoms with Gasteiger partial charge in [0.15, 0.2) is 5.82 Å². The molecule has 0 radical (unpaired) electrons. The molecule has 2 aliphatic rings. The fraction of sp³-hybridized carbons (Fsp3) is 0.593. The zero-order valence-electron chi connectivity index (χ0n) is 23.8. The highest BCUT2D eigenvalue weighted by atomic mass is 19.3. The summed E-state index contributed by atoms with van der Waals surface area (Å²) in [6.45, 7) is 3.68. The van der Waals surface area contributed by atoms with Crippen LogP contribution in [0.5, 0.6) is 0 Å². The number of urea groups is 1. The minimum absolute atomic E-state index is 0.0662. The van der Waals surface area contributed by atoms with E-state index in [0.717, 1.165) is 32.2 Å². The summed E-state index contributed by atoms with van der Waals surface area (Å²) in [5.41, 5.74) is 0.943. The van der Waals surface area contributed by atoms with Gasteiger partial charge in [-0.15, -0.1) is 0 Å². The van der Waals surface area contributed by atoms with Gasteiger partial charge in [0.05, 0.1) is 24.2 Å². The second kappa shape index (κ2) is 12.9. The van der Waals surface area contributed by atoms with Crippen LogP contribution in [0.25, 0.3) is 17.0 Å². The van der Waals surface area contributed by atoms with Gasteiger partial charge in [0.25, 0.3) is 6.43 Å². The van der Waals surface area contributed by atoms with Crippen LogP contribution in [-0.4, -0.2) is 113 Å². The molecule has 41 heavy (non-hydrogen) atoms. The predicted octanol–water partition coefficient (Wildman–Crippen LogP) is 2.91. The molecule has 1 saturated carbocycles. The normalized spacial score (nSPS) is 19.6. The first-order valence-electron chi connectivity index (χ1n) is 14.1. The zero-order chi connectivity index (χ0) is 28.9. The molecule has 3 heterocycles. The van der Waals surface area contributed by atoms with Gasteiger partial charge in [0.1, 0.15) is 0 Å². The fourth-order valence-electron chi connectivity index (χ4n) is 5.13. The number of imidazole rings is 1. The smallest absolute Gasteiger partial charge is 0.317 e. The summed E-state index contributed by atoms with van der Waals surface area (Å²) >= 11 is 0. The van der Waals surface area contributed by atoms with E-state index in [1.807, 2.05) is 23.9 Å². The molecule has 1 aromatic carbocycles. The first kappa shape index (κ1) is 28.9. The van der Waals surface area contributed by atoms with Crippen molar-refractivity contribution in [3.63, 3.8) is 0 Å². The van der Waals surface area contributed by atoms with Crippen molar-refractivity contribution in [2.24, 2.45) is 0 Å². The van der Waals surface area contributed by atoms with Gasteiger partial charge in [-0.1, -0.05) is 12.1 Å². The van der Waals surface area contributed by atoms with E-state index in [2.05, 4.69) is 30.6 Å². The average molecular weight is 573 g/mol. The Hall–Kier alpha value is -3.65. The SMILES string of the molecule is CN(C)CCN(C)C(=O)N[C@H]1CC[C@H](Nc2nc(N3CCOCC3)nc(-n3c(C(F)F)nc4ccccc43)n2)CC1. The van der Waals surface area contributed by atoms with E-state index in [-0.39, 0.29) is 24.1 Å². The molecule has 2 N–H and O–H groups in total. The summed E-state index contributed by atoms with van der Waals surface area (Å²) in [5.74, 6) is 0.406. The number of hydrogen-bond donors (Lipinski definition) is 2. The van der Waals surface area contributed by atoms with E-state index in [0.29, 0.717) is 55.8 Å². The van der Waals surface area contributed by atoms with Crippen LogP contribution in [0.1, 0.15) is 37.9 Å². The number of likely N-dealkylation sites (N-methyl/N-ethyl adjacent to an activating group) is 2. The number of nitrogens with one attached hydrogen (secondary N) is 2. The quantitative estimate of drug-likeness (QED) is 0.399. The Kier molecular flexibility index (Phi) is 9.08. The summed E-state index contributed by atoms with van der Waals surface area (Å²) < 4.78 is 35.0. The number of aromatic nitrogens is 5. The fourth-order valence-corrected chi connectivity index (χ4v) is 5.13. The van der Waals surface area contributed by atoms with Crippen LogP contribution in [0.4, 0.5) is 25.5 Å². The Labute approximate surface area is 238 Å². The van der Waals surface area contributed by atoms with E-state index in [9.17, 15) is 13.6 Å². The van der Waals surface area contributed by atoms with E-state index in [4.69, 9.17) is 4.74 Å². The molecule has 1 aliphatic heterocycles. The zero-order valence-corrected chi connectivity index (χ0v) is 23.8. The number of halogens is 2. The monoisotopic (exact) mass is 572 g/mol. The third-order valence-electron chi connectivity index (χ3n) is 7.50. The van der Waals surface area contributed by atoms with Gasteiger partial charge in [0, 0.05) is 45.3 Å². The molecule has 3 aromatic rings. The lowest BCUT2D eigenvalue weighted by Crippen LogP contribution is -2.47. The molecule has 5 rings (SSSR count). The maximum absolute atomic E-state index is 14.1. The number of morpholine rings is 1. The molecule has 222 valence electrons. The maximum Gasteiger partial charge on any atom is 0.317 e. The summed E-state index contributed by atoms with van der Waals surface area (Å²) in [5, 5.41) is 6.56. The molecule has 0 bridgehead atoms. The Morgan fingerprint density at radius 1 is 0.976 bits per heavy atom. The van der Waals surface area contributed by atoms with E-state index >= 15 is 0 Å². The van der Waals surface area contributed by atoms with Gasteiger partial charge in [-0.25, -0.2) is 18.6 Å². The molecule has 0 atom stereocenters. The third-order valence-corrected chi connectivity index (χ3v) is 7.50. The Balaban J connectivity index is 1.33. The van der Waals surface area contributed by atoms with Crippen LogP contribution in [0.3, 0.4) is 0 Å². The molecule has 0 spiro atoms. The van der Waals surface area contributed by atoms with Crippen molar-refractivity contribution in [3.8, 4) is 5.95 Å². The van der Waals surface area contributed by atoms with E-state index in [1.54, 1.807) is 36.2 Å². The lowest BCUT2D eigenvalue weighted by molar-refractivity contribution is 0.122. The minimum Gasteiger partial charge on any atom is -0.378 e. The molecule has 1 saturated heterocycles. The Bertz CT molecular complexity index is 1320. The van der Waals surface area contributed by atoms with Crippen molar-refractivity contribution in [2.75, 3.05) is 70.8 Å². The van der Waals surface area contributed by atoms with Gasteiger partial charge in [-0.05, 0) is 51.9 Å². The van der Waals surface area contributed by atoms with Crippen molar-refractivity contribution < 1.29 is 18.3 Å². The first-order chi connectivity index (χ1) is 19.8. The first-order valence-corrected chi connectivity index (χ1v) is 14.1. The number of amides is 2. The molecular formula is C27H38F2N10O2. The second-order valence-corrected chi connectivity index (χ2v) is 10.8. The lowest BCUT2D eigenvalue weighted by Gasteiger charge is -2.31. The standard InChI is InChI=1S/C27H38F2N10O2/c1-36(2)12-13-37(3)27(40)31-19-10-8-18(9-11-19)30-24-33-25(38-14-16-41-17-15-38)35-26(34-24)39-21-7-5-4-6-20(21)32-23(39)22(28)29/h4-7,18-19,22H,8-17H2,1-3H3,(H,31,40)(H,30,33,34,35)/t18-,19-. The van der Waals surface area contributed by atoms with Crippen molar-refractivity contribution in [2.45, 2.75) is 44.2 Å². The van der Waals surface area contributed by atoms with E-state index < -0.39 is 12.2 Å². The van der Waals surface area contributed by atoms with Gasteiger partial charge in [0.2, 0.25) is 17.8 Å². The molecule has 2 aromatic heterocycles. The summed E-state index contributed by atoms with van der Waals surface area (Å²) in [6.07, 6.45) is 0.407. The molecular weight excluding hydrogens is 534 g/mol. The molecule has 0 unspecified atom stereocenters. The molecule has 2 amide bonds. The molecule has 1 aliphatic carbocycles. The van der Waals surface area contributed by atoms with Crippen LogP contribution >= 0.6 is 0 Å². The number of para-hydroxylation sites is 2. The number of hydrogen-bond acceptors (Lipinski definition) is 9. The highest BCUT2D eigenvalue weighted by Gasteiger charge is 2.27. The number of carbonyl (C=O) groups is 1. The summed E-state index contributed by atoms with van der Waals surface area (Å²) in [6, 6.07) is 7.04. The Morgan fingerprint density at radius 3 is 2.37 bits per heavy atom.